The number of benzene rings is 2. The number of hydrogen-bond acceptors (Lipinski definition) is 3. The zero-order valence-electron chi connectivity index (χ0n) is 17.8. The van der Waals surface area contributed by atoms with Crippen LogP contribution in [0.5, 0.6) is 5.75 Å². The van der Waals surface area contributed by atoms with Crippen molar-refractivity contribution in [3.05, 3.63) is 65.7 Å². The Hall–Kier alpha value is -2.82. The summed E-state index contributed by atoms with van der Waals surface area (Å²) in [5.74, 6) is -0.206. The van der Waals surface area contributed by atoms with Gasteiger partial charge in [-0.05, 0) is 56.2 Å². The van der Waals surface area contributed by atoms with Gasteiger partial charge in [-0.1, -0.05) is 48.5 Å². The molecule has 5 heteroatoms. The third kappa shape index (κ3) is 5.41. The number of amides is 1. The van der Waals surface area contributed by atoms with Crippen LogP contribution in [0.15, 0.2) is 54.6 Å². The van der Waals surface area contributed by atoms with Crippen LogP contribution in [0, 0.1) is 11.8 Å². The molecule has 0 heterocycles. The lowest BCUT2D eigenvalue weighted by Gasteiger charge is -2.35. The highest BCUT2D eigenvalue weighted by atomic mass is 16.5. The Bertz CT molecular complexity index is 843. The van der Waals surface area contributed by atoms with Crippen LogP contribution in [0.2, 0.25) is 0 Å². The standard InChI is InChI=1S/C25H31NO4/c1-18(16-22-10-6-7-11-23(22)30-2)26(17-19-8-4-3-5-9-19)24(27)20-12-14-21(15-13-20)25(28)29/h3-11,18,20-21H,12-17H2,1-2H3,(H,28,29). The number of carboxylic acids is 1. The average molecular weight is 410 g/mol. The van der Waals surface area contributed by atoms with Crippen molar-refractivity contribution in [2.24, 2.45) is 11.8 Å². The second kappa shape index (κ2) is 10.3. The predicted octanol–water partition coefficient (Wildman–Crippen LogP) is 4.55. The monoisotopic (exact) mass is 409 g/mol. The van der Waals surface area contributed by atoms with Gasteiger partial charge < -0.3 is 14.7 Å². The van der Waals surface area contributed by atoms with Crippen LogP contribution in [0.3, 0.4) is 0 Å². The van der Waals surface area contributed by atoms with Crippen molar-refractivity contribution in [1.29, 1.82) is 0 Å². The molecule has 3 rings (SSSR count). The fourth-order valence-corrected chi connectivity index (χ4v) is 4.35. The van der Waals surface area contributed by atoms with Crippen LogP contribution in [-0.4, -0.2) is 35.0 Å². The molecule has 0 radical (unpaired) electrons. The molecule has 2 aromatic carbocycles. The van der Waals surface area contributed by atoms with E-state index in [0.29, 0.717) is 38.6 Å². The second-order valence-corrected chi connectivity index (χ2v) is 8.20. The number of carbonyl (C=O) groups excluding carboxylic acids is 1. The summed E-state index contributed by atoms with van der Waals surface area (Å²) in [7, 11) is 1.66. The van der Waals surface area contributed by atoms with E-state index < -0.39 is 5.97 Å². The molecule has 1 saturated carbocycles. The van der Waals surface area contributed by atoms with Crippen LogP contribution in [0.1, 0.15) is 43.7 Å². The summed E-state index contributed by atoms with van der Waals surface area (Å²) in [4.78, 5) is 26.7. The number of methoxy groups -OCH3 is 1. The number of hydrogen-bond donors (Lipinski definition) is 1. The number of para-hydroxylation sites is 1. The van der Waals surface area contributed by atoms with E-state index in [1.807, 2.05) is 59.5 Å². The molecule has 2 aromatic rings. The van der Waals surface area contributed by atoms with Gasteiger partial charge in [-0.2, -0.15) is 0 Å². The van der Waals surface area contributed by atoms with Crippen molar-refractivity contribution >= 4 is 11.9 Å². The largest absolute Gasteiger partial charge is 0.496 e. The van der Waals surface area contributed by atoms with E-state index in [2.05, 4.69) is 6.92 Å². The molecule has 1 fully saturated rings. The third-order valence-corrected chi connectivity index (χ3v) is 6.14. The van der Waals surface area contributed by atoms with Crippen LogP contribution in [-0.2, 0) is 22.6 Å². The average Bonchev–Trinajstić information content (AvgIpc) is 2.78. The molecule has 0 spiro atoms. The van der Waals surface area contributed by atoms with Gasteiger partial charge in [-0.3, -0.25) is 9.59 Å². The van der Waals surface area contributed by atoms with Crippen LogP contribution >= 0.6 is 0 Å². The summed E-state index contributed by atoms with van der Waals surface area (Å²) >= 11 is 0. The lowest BCUT2D eigenvalue weighted by molar-refractivity contribution is -0.146. The van der Waals surface area contributed by atoms with Crippen LogP contribution in [0.25, 0.3) is 0 Å². The maximum atomic E-state index is 13.5. The van der Waals surface area contributed by atoms with E-state index in [0.717, 1.165) is 16.9 Å². The smallest absolute Gasteiger partial charge is 0.306 e. The van der Waals surface area contributed by atoms with E-state index in [1.54, 1.807) is 7.11 Å². The summed E-state index contributed by atoms with van der Waals surface area (Å²) in [5, 5.41) is 9.26. The topological polar surface area (TPSA) is 66.8 Å². The number of carbonyl (C=O) groups is 2. The van der Waals surface area contributed by atoms with Gasteiger partial charge in [0.1, 0.15) is 5.75 Å². The molecule has 5 nitrogen and oxygen atoms in total. The van der Waals surface area contributed by atoms with Gasteiger partial charge in [0.25, 0.3) is 0 Å². The maximum absolute atomic E-state index is 13.5. The fraction of sp³-hybridized carbons (Fsp3) is 0.440. The van der Waals surface area contributed by atoms with E-state index >= 15 is 0 Å². The Kier molecular flexibility index (Phi) is 7.50. The first kappa shape index (κ1) is 21.9. The van der Waals surface area contributed by atoms with Crippen LogP contribution < -0.4 is 4.74 Å². The van der Waals surface area contributed by atoms with Crippen molar-refractivity contribution in [2.45, 2.75) is 51.6 Å². The van der Waals surface area contributed by atoms with E-state index in [-0.39, 0.29) is 23.8 Å². The van der Waals surface area contributed by atoms with Gasteiger partial charge in [0.2, 0.25) is 5.91 Å². The number of nitrogens with zero attached hydrogens (tertiary/aromatic N) is 1. The quantitative estimate of drug-likeness (QED) is 0.695. The summed E-state index contributed by atoms with van der Waals surface area (Å²) in [5.41, 5.74) is 2.17. The Morgan fingerprint density at radius 1 is 1.00 bits per heavy atom. The SMILES string of the molecule is COc1ccccc1CC(C)N(Cc1ccccc1)C(=O)C1CCC(C(=O)O)CC1. The summed E-state index contributed by atoms with van der Waals surface area (Å²) in [6, 6.07) is 17.9. The molecule has 160 valence electrons. The van der Waals surface area contributed by atoms with Crippen molar-refractivity contribution in [1.82, 2.24) is 4.90 Å². The summed E-state index contributed by atoms with van der Waals surface area (Å²) < 4.78 is 5.50. The number of rotatable bonds is 8. The number of carboxylic acid groups (broad SMARTS) is 1. The first-order valence-corrected chi connectivity index (χ1v) is 10.7. The molecular weight excluding hydrogens is 378 g/mol. The van der Waals surface area contributed by atoms with Crippen molar-refractivity contribution in [2.75, 3.05) is 7.11 Å². The Labute approximate surface area is 178 Å². The molecule has 1 aliphatic carbocycles. The van der Waals surface area contributed by atoms with Crippen molar-refractivity contribution in [3.8, 4) is 5.75 Å². The summed E-state index contributed by atoms with van der Waals surface area (Å²) in [6.45, 7) is 2.63. The van der Waals surface area contributed by atoms with Crippen molar-refractivity contribution < 1.29 is 19.4 Å². The molecule has 0 aromatic heterocycles. The maximum Gasteiger partial charge on any atom is 0.306 e. The molecule has 1 aliphatic rings. The van der Waals surface area contributed by atoms with E-state index in [1.165, 1.54) is 0 Å². The highest BCUT2D eigenvalue weighted by Gasteiger charge is 2.33. The van der Waals surface area contributed by atoms with Gasteiger partial charge in [-0.15, -0.1) is 0 Å². The second-order valence-electron chi connectivity index (χ2n) is 8.20. The van der Waals surface area contributed by atoms with Gasteiger partial charge in [-0.25, -0.2) is 0 Å². The fourth-order valence-electron chi connectivity index (χ4n) is 4.35. The lowest BCUT2D eigenvalue weighted by atomic mass is 9.81. The minimum atomic E-state index is -0.744. The van der Waals surface area contributed by atoms with Gasteiger partial charge in [0, 0.05) is 18.5 Å². The molecule has 0 bridgehead atoms. The molecule has 1 atom stereocenters. The molecule has 1 unspecified atom stereocenters. The molecule has 1 amide bonds. The normalized spacial score (nSPS) is 19.7. The molecule has 1 N–H and O–H groups in total. The first-order chi connectivity index (χ1) is 14.5. The predicted molar refractivity (Wildman–Crippen MR) is 116 cm³/mol. The third-order valence-electron chi connectivity index (χ3n) is 6.14. The minimum absolute atomic E-state index is 0.00815. The zero-order valence-corrected chi connectivity index (χ0v) is 17.8. The first-order valence-electron chi connectivity index (χ1n) is 10.7. The van der Waals surface area contributed by atoms with E-state index in [4.69, 9.17) is 4.74 Å². The molecule has 0 saturated heterocycles. The van der Waals surface area contributed by atoms with Crippen LogP contribution in [0.4, 0.5) is 0 Å². The summed E-state index contributed by atoms with van der Waals surface area (Å²) in [6.07, 6.45) is 3.13. The Morgan fingerprint density at radius 2 is 1.60 bits per heavy atom. The van der Waals surface area contributed by atoms with E-state index in [9.17, 15) is 14.7 Å². The number of ether oxygens (including phenoxy) is 1. The van der Waals surface area contributed by atoms with Gasteiger partial charge in [0.05, 0.1) is 13.0 Å². The lowest BCUT2D eigenvalue weighted by Crippen LogP contribution is -2.44. The number of aliphatic carboxylic acids is 1. The van der Waals surface area contributed by atoms with Gasteiger partial charge >= 0.3 is 5.97 Å². The highest BCUT2D eigenvalue weighted by molar-refractivity contribution is 5.80. The zero-order chi connectivity index (χ0) is 21.5. The highest BCUT2D eigenvalue weighted by Crippen LogP contribution is 2.32. The molecular formula is C25H31NO4. The molecule has 0 aliphatic heterocycles. The van der Waals surface area contributed by atoms with Gasteiger partial charge in [0.15, 0.2) is 0 Å². The molecule has 30 heavy (non-hydrogen) atoms. The Morgan fingerprint density at radius 3 is 2.23 bits per heavy atom. The van der Waals surface area contributed by atoms with Crippen molar-refractivity contribution in [3.63, 3.8) is 0 Å². The minimum Gasteiger partial charge on any atom is -0.496 e. The Balaban J connectivity index is 1.77.